The lowest BCUT2D eigenvalue weighted by Gasteiger charge is -1.75. The number of hydrogen-bond acceptors (Lipinski definition) is 0. The molecule has 4 heavy (non-hydrogen) atoms. The molecular formula is C3H5N. The number of allylic oxidation sites excluding steroid dienone is 1. The van der Waals surface area contributed by atoms with Gasteiger partial charge in [0, 0.05) is 19.2 Å². The largest absolute Gasteiger partial charge is 0.664 e. The Hall–Kier alpha value is -0.590. The van der Waals surface area contributed by atoms with Crippen LogP contribution in [0.15, 0.2) is 12.3 Å². The highest BCUT2D eigenvalue weighted by atomic mass is 14.5. The number of hydrogen-bond donors (Lipinski definition) is 0. The van der Waals surface area contributed by atoms with Gasteiger partial charge in [0.25, 0.3) is 0 Å². The fourth-order valence-corrected chi connectivity index (χ4v) is 0. The van der Waals surface area contributed by atoms with Crippen molar-refractivity contribution in [3.8, 4) is 0 Å². The first-order chi connectivity index (χ1) is 1.73. The molecule has 0 radical (unpaired) electrons. The first kappa shape index (κ1) is 3.41. The second-order valence-electron chi connectivity index (χ2n) is 0.604. The molecule has 0 aliphatic heterocycles. The van der Waals surface area contributed by atoms with Crippen molar-refractivity contribution in [2.45, 2.75) is 0 Å². The zero-order chi connectivity index (χ0) is 3.58. The molecule has 22 valence electrons. The highest BCUT2D eigenvalue weighted by molar-refractivity contribution is 5.02. The SMILES string of the molecule is C=C([CH2+])[NH-]. The number of nitrogens with one attached hydrogen (secondary N) is 1. The molecule has 0 unspecified atom stereocenters. The second-order valence-corrected chi connectivity index (χ2v) is 0.604. The summed E-state index contributed by atoms with van der Waals surface area (Å²) in [5, 5.41) is 0. The Bertz CT molecular complexity index is 26.3. The standard InChI is InChI=1S/C3H5N/c1-3(2)4/h4H,1-2H2. The molecule has 0 atom stereocenters. The Balaban J connectivity index is 2.80. The fraction of sp³-hybridized carbons (Fsp3) is 0. The van der Waals surface area contributed by atoms with E-state index in [9.17, 15) is 0 Å². The van der Waals surface area contributed by atoms with Crippen LogP contribution in [-0.4, -0.2) is 0 Å². The third-order valence-electron chi connectivity index (χ3n) is 0. The van der Waals surface area contributed by atoms with Gasteiger partial charge in [-0.05, 0) is 0 Å². The summed E-state index contributed by atoms with van der Waals surface area (Å²) in [6.07, 6.45) is 0. The van der Waals surface area contributed by atoms with Gasteiger partial charge in [0.05, 0.1) is 0 Å². The minimum atomic E-state index is 0.167. The van der Waals surface area contributed by atoms with Crippen LogP contribution >= 0.6 is 0 Å². The molecule has 0 aliphatic carbocycles. The van der Waals surface area contributed by atoms with Gasteiger partial charge >= 0.3 is 0 Å². The van der Waals surface area contributed by atoms with Crippen LogP contribution in [0.3, 0.4) is 0 Å². The van der Waals surface area contributed by atoms with Gasteiger partial charge in [-0.3, -0.25) is 0 Å². The average molecular weight is 55.1 g/mol. The highest BCUT2D eigenvalue weighted by Crippen LogP contribution is 1.75. The van der Waals surface area contributed by atoms with E-state index in [2.05, 4.69) is 13.5 Å². The van der Waals surface area contributed by atoms with E-state index in [1.54, 1.807) is 0 Å². The lowest BCUT2D eigenvalue weighted by atomic mass is 10.6. The molecular weight excluding hydrogens is 50.0 g/mol. The molecule has 0 aromatic heterocycles. The summed E-state index contributed by atoms with van der Waals surface area (Å²) in [6, 6.07) is 0. The molecule has 0 saturated heterocycles. The summed E-state index contributed by atoms with van der Waals surface area (Å²) < 4.78 is 0. The van der Waals surface area contributed by atoms with Gasteiger partial charge < -0.3 is 5.73 Å². The molecule has 0 fully saturated rings. The summed E-state index contributed by atoms with van der Waals surface area (Å²) in [6.45, 7) is 6.22. The molecule has 0 saturated carbocycles. The first-order valence-corrected chi connectivity index (χ1v) is 0.957. The molecule has 0 rings (SSSR count). The van der Waals surface area contributed by atoms with Gasteiger partial charge in [0.1, 0.15) is 0 Å². The Morgan fingerprint density at radius 1 is 2.00 bits per heavy atom. The van der Waals surface area contributed by atoms with Crippen molar-refractivity contribution in [1.82, 2.24) is 0 Å². The monoisotopic (exact) mass is 55.0 g/mol. The van der Waals surface area contributed by atoms with Crippen LogP contribution in [0.5, 0.6) is 0 Å². The molecule has 1 N–H and O–H groups in total. The third-order valence-corrected chi connectivity index (χ3v) is 0. The third kappa shape index (κ3) is 0.681. The maximum absolute atomic E-state index is 6.28. The van der Waals surface area contributed by atoms with Gasteiger partial charge in [-0.25, -0.2) is 0 Å². The van der Waals surface area contributed by atoms with E-state index in [0.29, 0.717) is 0 Å². The quantitative estimate of drug-likeness (QED) is 0.374. The topological polar surface area (TPSA) is 23.8 Å². The Labute approximate surface area is 26.1 Å². The van der Waals surface area contributed by atoms with E-state index < -0.39 is 0 Å². The molecule has 0 aliphatic rings. The zero-order valence-electron chi connectivity index (χ0n) is 2.41. The van der Waals surface area contributed by atoms with E-state index in [-0.39, 0.29) is 5.70 Å². The summed E-state index contributed by atoms with van der Waals surface area (Å²) in [7, 11) is 0. The Morgan fingerprint density at radius 2 is 2.00 bits per heavy atom. The molecule has 0 amide bonds. The fourth-order valence-electron chi connectivity index (χ4n) is 0. The Morgan fingerprint density at radius 3 is 2.00 bits per heavy atom. The predicted octanol–water partition coefficient (Wildman–Crippen LogP) is 1.39. The minimum Gasteiger partial charge on any atom is -0.664 e. The summed E-state index contributed by atoms with van der Waals surface area (Å²) in [4.78, 5) is 0. The number of rotatable bonds is 0. The van der Waals surface area contributed by atoms with Gasteiger partial charge in [-0.15, -0.1) is 0 Å². The summed E-state index contributed by atoms with van der Waals surface area (Å²) >= 11 is 0. The van der Waals surface area contributed by atoms with Crippen molar-refractivity contribution in [1.29, 1.82) is 0 Å². The molecule has 0 aromatic carbocycles. The van der Waals surface area contributed by atoms with Crippen LogP contribution in [0.4, 0.5) is 0 Å². The van der Waals surface area contributed by atoms with E-state index in [1.807, 2.05) is 0 Å². The molecule has 0 bridgehead atoms. The smallest absolute Gasteiger partial charge is 0.0141 e. The van der Waals surface area contributed by atoms with Gasteiger partial charge in [-0.1, -0.05) is 0 Å². The average Bonchev–Trinajstić information content (AvgIpc) is 0.811. The lowest BCUT2D eigenvalue weighted by molar-refractivity contribution is 1.84. The van der Waals surface area contributed by atoms with E-state index in [0.717, 1.165) is 0 Å². The molecule has 0 heterocycles. The lowest BCUT2D eigenvalue weighted by Crippen LogP contribution is -1.42. The Kier molecular flexibility index (Phi) is 0.703. The van der Waals surface area contributed by atoms with Crippen molar-refractivity contribution < 1.29 is 0 Å². The van der Waals surface area contributed by atoms with Crippen molar-refractivity contribution in [3.05, 3.63) is 24.9 Å². The van der Waals surface area contributed by atoms with E-state index in [4.69, 9.17) is 5.73 Å². The summed E-state index contributed by atoms with van der Waals surface area (Å²) in [5.74, 6) is 0. The molecule has 1 nitrogen and oxygen atoms in total. The van der Waals surface area contributed by atoms with Gasteiger partial charge in [-0.2, -0.15) is 0 Å². The first-order valence-electron chi connectivity index (χ1n) is 0.957. The van der Waals surface area contributed by atoms with Crippen molar-refractivity contribution in [2.24, 2.45) is 0 Å². The van der Waals surface area contributed by atoms with Crippen LogP contribution in [-0.2, 0) is 0 Å². The van der Waals surface area contributed by atoms with E-state index >= 15 is 0 Å². The normalized spacial score (nSPS) is 6.00. The van der Waals surface area contributed by atoms with E-state index in [1.165, 1.54) is 0 Å². The van der Waals surface area contributed by atoms with Crippen LogP contribution in [0.2, 0.25) is 0 Å². The van der Waals surface area contributed by atoms with Gasteiger partial charge in [0.15, 0.2) is 0 Å². The van der Waals surface area contributed by atoms with Crippen LogP contribution in [0.1, 0.15) is 0 Å². The molecule has 0 aromatic rings. The van der Waals surface area contributed by atoms with Gasteiger partial charge in [0.2, 0.25) is 0 Å². The maximum Gasteiger partial charge on any atom is 0.0141 e. The highest BCUT2D eigenvalue weighted by Gasteiger charge is 1.49. The second kappa shape index (κ2) is 0.825. The van der Waals surface area contributed by atoms with Crippen LogP contribution in [0, 0.1) is 6.92 Å². The maximum atomic E-state index is 6.28. The molecule has 1 heteroatoms. The minimum absolute atomic E-state index is 0.167. The summed E-state index contributed by atoms with van der Waals surface area (Å²) in [5.41, 5.74) is 6.44. The van der Waals surface area contributed by atoms with Crippen molar-refractivity contribution >= 4 is 0 Å². The van der Waals surface area contributed by atoms with Crippen molar-refractivity contribution in [3.63, 3.8) is 0 Å². The van der Waals surface area contributed by atoms with Crippen molar-refractivity contribution in [2.75, 3.05) is 0 Å². The van der Waals surface area contributed by atoms with Crippen LogP contribution < -0.4 is 0 Å². The zero-order valence-corrected chi connectivity index (χ0v) is 2.41. The van der Waals surface area contributed by atoms with Crippen LogP contribution in [0.25, 0.3) is 5.73 Å². The predicted molar refractivity (Wildman–Crippen MR) is 18.8 cm³/mol. The molecule has 0 spiro atoms.